The number of likely N-dealkylation sites (tertiary alicyclic amines) is 1. The van der Waals surface area contributed by atoms with Crippen LogP contribution in [-0.2, 0) is 4.79 Å². The predicted octanol–water partition coefficient (Wildman–Crippen LogP) is 5.31. The van der Waals surface area contributed by atoms with Crippen molar-refractivity contribution in [1.29, 1.82) is 0 Å². The lowest BCUT2D eigenvalue weighted by atomic mass is 9.83. The molecule has 0 unspecified atom stereocenters. The largest absolute Gasteiger partial charge is 0.488 e. The van der Waals surface area contributed by atoms with Gasteiger partial charge in [-0.1, -0.05) is 31.5 Å². The third-order valence-corrected chi connectivity index (χ3v) is 6.01. The van der Waals surface area contributed by atoms with Crippen LogP contribution in [0.1, 0.15) is 43.7 Å². The highest BCUT2D eigenvalue weighted by atomic mass is 35.5. The van der Waals surface area contributed by atoms with Crippen molar-refractivity contribution >= 4 is 23.9 Å². The van der Waals surface area contributed by atoms with Crippen LogP contribution in [0.3, 0.4) is 0 Å². The Morgan fingerprint density at radius 2 is 1.85 bits per heavy atom. The fourth-order valence-corrected chi connectivity index (χ4v) is 4.31. The Hall–Kier alpha value is -2.64. The number of hydrogen-bond acceptors (Lipinski definition) is 4. The number of fused-ring (bicyclic) bond motifs is 1. The summed E-state index contributed by atoms with van der Waals surface area (Å²) in [7, 11) is 0. The van der Waals surface area contributed by atoms with Gasteiger partial charge < -0.3 is 14.6 Å². The minimum absolute atomic E-state index is 0. The van der Waals surface area contributed by atoms with Crippen molar-refractivity contribution < 1.29 is 28.2 Å². The molecule has 5 nitrogen and oxygen atoms in total. The predicted molar refractivity (Wildman–Crippen MR) is 124 cm³/mol. The highest BCUT2D eigenvalue weighted by Crippen LogP contribution is 2.44. The summed E-state index contributed by atoms with van der Waals surface area (Å²) in [6.45, 7) is 3.35. The van der Waals surface area contributed by atoms with Crippen LogP contribution in [0.4, 0.5) is 8.78 Å². The van der Waals surface area contributed by atoms with Gasteiger partial charge in [-0.05, 0) is 41.8 Å². The van der Waals surface area contributed by atoms with Gasteiger partial charge in [0.1, 0.15) is 11.4 Å². The van der Waals surface area contributed by atoms with Gasteiger partial charge in [0.15, 0.2) is 17.4 Å². The maximum Gasteiger partial charge on any atom is 0.317 e. The molecule has 33 heavy (non-hydrogen) atoms. The van der Waals surface area contributed by atoms with E-state index >= 15 is 0 Å². The van der Waals surface area contributed by atoms with Gasteiger partial charge in [-0.15, -0.1) is 12.4 Å². The van der Waals surface area contributed by atoms with Crippen LogP contribution in [0.5, 0.6) is 11.5 Å². The van der Waals surface area contributed by atoms with Gasteiger partial charge in [-0.2, -0.15) is 0 Å². The molecule has 0 bridgehead atoms. The van der Waals surface area contributed by atoms with Crippen molar-refractivity contribution in [3.63, 3.8) is 0 Å². The first-order valence-corrected chi connectivity index (χ1v) is 11.0. The number of rotatable bonds is 7. The second-order valence-corrected chi connectivity index (χ2v) is 8.36. The van der Waals surface area contributed by atoms with Crippen molar-refractivity contribution in [2.45, 2.75) is 38.2 Å². The zero-order valence-electron chi connectivity index (χ0n) is 18.5. The molecule has 178 valence electrons. The fraction of sp³-hybridized carbons (Fsp3) is 0.400. The maximum absolute atomic E-state index is 14.8. The van der Waals surface area contributed by atoms with Gasteiger partial charge in [-0.3, -0.25) is 9.69 Å². The molecular formula is C25H28ClF2NO4. The SMILES string of the molecule is CCCCOc1c(F)cc(C2=CC3(CCN(CC(=O)O)CC3)Oc3ccccc32)cc1F.Cl. The third kappa shape index (κ3) is 5.47. The summed E-state index contributed by atoms with van der Waals surface area (Å²) in [6.07, 6.45) is 4.71. The van der Waals surface area contributed by atoms with Crippen molar-refractivity contribution in [3.05, 3.63) is 65.2 Å². The first kappa shape index (κ1) is 25.0. The zero-order valence-corrected chi connectivity index (χ0v) is 19.3. The Morgan fingerprint density at radius 1 is 1.18 bits per heavy atom. The number of unbranched alkanes of at least 4 members (excludes halogenated alkanes) is 1. The molecule has 2 heterocycles. The number of aliphatic carboxylic acids is 1. The van der Waals surface area contributed by atoms with E-state index in [2.05, 4.69) is 0 Å². The molecule has 1 spiro atoms. The number of hydrogen-bond donors (Lipinski definition) is 1. The number of nitrogens with zero attached hydrogens (tertiary/aromatic N) is 1. The van der Waals surface area contributed by atoms with Crippen LogP contribution in [0, 0.1) is 11.6 Å². The van der Waals surface area contributed by atoms with E-state index in [0.717, 1.165) is 18.4 Å². The van der Waals surface area contributed by atoms with E-state index in [0.29, 0.717) is 42.8 Å². The quantitative estimate of drug-likeness (QED) is 0.545. The highest BCUT2D eigenvalue weighted by molar-refractivity contribution is 5.85. The number of carboxylic acid groups (broad SMARTS) is 1. The Balaban J connectivity index is 0.00000306. The number of halogens is 3. The van der Waals surface area contributed by atoms with Crippen LogP contribution >= 0.6 is 12.4 Å². The molecule has 0 amide bonds. The van der Waals surface area contributed by atoms with E-state index in [1.54, 1.807) is 0 Å². The number of para-hydroxylation sites is 1. The number of benzene rings is 2. The molecule has 1 N–H and O–H groups in total. The van der Waals surface area contributed by atoms with Crippen LogP contribution in [0.25, 0.3) is 5.57 Å². The van der Waals surface area contributed by atoms with Crippen molar-refractivity contribution in [2.75, 3.05) is 26.2 Å². The molecule has 2 aromatic rings. The molecule has 2 aliphatic rings. The van der Waals surface area contributed by atoms with Crippen LogP contribution in [0.2, 0.25) is 0 Å². The average molecular weight is 480 g/mol. The molecule has 0 atom stereocenters. The molecule has 8 heteroatoms. The average Bonchev–Trinajstić information content (AvgIpc) is 2.76. The zero-order chi connectivity index (χ0) is 22.7. The van der Waals surface area contributed by atoms with E-state index in [-0.39, 0.29) is 31.3 Å². The Bertz CT molecular complexity index is 1010. The molecular weight excluding hydrogens is 452 g/mol. The summed E-state index contributed by atoms with van der Waals surface area (Å²) in [6, 6.07) is 10.1. The smallest absolute Gasteiger partial charge is 0.317 e. The van der Waals surface area contributed by atoms with E-state index < -0.39 is 23.2 Å². The molecule has 0 aliphatic carbocycles. The van der Waals surface area contributed by atoms with Gasteiger partial charge in [0.2, 0.25) is 0 Å². The summed E-state index contributed by atoms with van der Waals surface area (Å²) >= 11 is 0. The molecule has 0 saturated carbocycles. The van der Waals surface area contributed by atoms with Crippen LogP contribution in [-0.4, -0.2) is 47.8 Å². The van der Waals surface area contributed by atoms with Crippen molar-refractivity contribution in [1.82, 2.24) is 4.90 Å². The van der Waals surface area contributed by atoms with Crippen LogP contribution in [0.15, 0.2) is 42.5 Å². The molecule has 2 aliphatic heterocycles. The Morgan fingerprint density at radius 3 is 2.48 bits per heavy atom. The second-order valence-electron chi connectivity index (χ2n) is 8.36. The molecule has 4 rings (SSSR count). The standard InChI is InChI=1S/C25H27F2NO4.ClH/c1-2-3-12-31-24-20(26)13-17(14-21(24)27)19-15-25(32-22-7-5-4-6-18(19)22)8-10-28(11-9-25)16-23(29)30;/h4-7,13-15H,2-3,8-12,16H2,1H3,(H,29,30);1H. The van der Waals surface area contributed by atoms with E-state index in [9.17, 15) is 13.6 Å². The lowest BCUT2D eigenvalue weighted by Crippen LogP contribution is -2.49. The second kappa shape index (κ2) is 10.5. The summed E-state index contributed by atoms with van der Waals surface area (Å²) in [5, 5.41) is 9.06. The third-order valence-electron chi connectivity index (χ3n) is 6.01. The minimum Gasteiger partial charge on any atom is -0.488 e. The lowest BCUT2D eigenvalue weighted by molar-refractivity contribution is -0.139. The molecule has 0 aromatic heterocycles. The van der Waals surface area contributed by atoms with Crippen molar-refractivity contribution in [2.24, 2.45) is 0 Å². The fourth-order valence-electron chi connectivity index (χ4n) is 4.31. The van der Waals surface area contributed by atoms with E-state index in [1.807, 2.05) is 42.2 Å². The molecule has 1 fully saturated rings. The van der Waals surface area contributed by atoms with E-state index in [1.165, 1.54) is 12.1 Å². The number of ether oxygens (including phenoxy) is 2. The van der Waals surface area contributed by atoms with Crippen LogP contribution < -0.4 is 9.47 Å². The maximum atomic E-state index is 14.8. The Kier molecular flexibility index (Phi) is 7.97. The van der Waals surface area contributed by atoms with Gasteiger partial charge in [0, 0.05) is 31.5 Å². The number of piperidine rings is 1. The normalized spacial score (nSPS) is 16.9. The monoisotopic (exact) mass is 479 g/mol. The van der Waals surface area contributed by atoms with Crippen molar-refractivity contribution in [3.8, 4) is 11.5 Å². The Labute approximate surface area is 198 Å². The summed E-state index contributed by atoms with van der Waals surface area (Å²) in [4.78, 5) is 12.9. The summed E-state index contributed by atoms with van der Waals surface area (Å²) < 4.78 is 41.3. The summed E-state index contributed by atoms with van der Waals surface area (Å²) in [5.41, 5.74) is 1.24. The van der Waals surface area contributed by atoms with Gasteiger partial charge in [0.05, 0.1) is 13.2 Å². The van der Waals surface area contributed by atoms with Gasteiger partial charge >= 0.3 is 5.97 Å². The lowest BCUT2D eigenvalue weighted by Gasteiger charge is -2.42. The minimum atomic E-state index is -0.862. The first-order valence-electron chi connectivity index (χ1n) is 11.0. The van der Waals surface area contributed by atoms with Gasteiger partial charge in [-0.25, -0.2) is 8.78 Å². The molecule has 0 radical (unpaired) electrons. The van der Waals surface area contributed by atoms with Gasteiger partial charge in [0.25, 0.3) is 0 Å². The first-order chi connectivity index (χ1) is 15.4. The topological polar surface area (TPSA) is 59.0 Å². The van der Waals surface area contributed by atoms with E-state index in [4.69, 9.17) is 14.6 Å². The highest BCUT2D eigenvalue weighted by Gasteiger charge is 2.39. The number of carboxylic acids is 1. The molecule has 2 aromatic carbocycles. The molecule has 1 saturated heterocycles. The number of carbonyl (C=O) groups is 1. The summed E-state index contributed by atoms with van der Waals surface area (Å²) in [5.74, 6) is -2.02.